The van der Waals surface area contributed by atoms with E-state index in [4.69, 9.17) is 0 Å². The average molecular weight is 274 g/mol. The Bertz CT molecular complexity index is 752. The van der Waals surface area contributed by atoms with Crippen LogP contribution in [0.5, 0.6) is 0 Å². The van der Waals surface area contributed by atoms with E-state index in [2.05, 4.69) is 4.98 Å². The normalized spacial score (nSPS) is 10.8. The number of rotatable bonds is 2. The van der Waals surface area contributed by atoms with E-state index in [-0.39, 0.29) is 0 Å². The molecule has 0 unspecified atom stereocenters. The third kappa shape index (κ3) is 2.06. The van der Waals surface area contributed by atoms with Gasteiger partial charge in [-0.3, -0.25) is 10.1 Å². The molecule has 0 aliphatic carbocycles. The Balaban J connectivity index is 2.16. The Morgan fingerprint density at radius 2 is 2.00 bits per heavy atom. The maximum absolute atomic E-state index is 13.3. The molecule has 3 rings (SSSR count). The molecule has 0 amide bonds. The molecule has 0 aliphatic heterocycles. The van der Waals surface area contributed by atoms with Crippen molar-refractivity contribution in [3.05, 3.63) is 58.4 Å². The van der Waals surface area contributed by atoms with E-state index < -0.39 is 16.4 Å². The lowest BCUT2D eigenvalue weighted by atomic mass is 10.2. The number of nitro groups is 1. The van der Waals surface area contributed by atoms with Crippen LogP contribution in [0, 0.1) is 15.9 Å². The molecular weight excluding hydrogens is 267 g/mol. The van der Waals surface area contributed by atoms with E-state index in [1.807, 2.05) is 24.3 Å². The fourth-order valence-electron chi connectivity index (χ4n) is 1.78. The van der Waals surface area contributed by atoms with Gasteiger partial charge >= 0.3 is 5.69 Å². The van der Waals surface area contributed by atoms with Crippen LogP contribution in [0.25, 0.3) is 20.8 Å². The monoisotopic (exact) mass is 274 g/mol. The molecule has 0 fully saturated rings. The Kier molecular flexibility index (Phi) is 2.72. The van der Waals surface area contributed by atoms with E-state index in [0.717, 1.165) is 16.3 Å². The SMILES string of the molecule is O=[N+]([O-])c1cc(-c2nc3ccccc3s2)ccc1F. The predicted octanol–water partition coefficient (Wildman–Crippen LogP) is 4.01. The van der Waals surface area contributed by atoms with Gasteiger partial charge in [0.1, 0.15) is 5.01 Å². The number of nitrogens with zero attached hydrogens (tertiary/aromatic N) is 2. The molecule has 0 radical (unpaired) electrons. The zero-order valence-corrected chi connectivity index (χ0v) is 10.4. The van der Waals surface area contributed by atoms with Gasteiger partial charge in [-0.2, -0.15) is 4.39 Å². The van der Waals surface area contributed by atoms with Crippen LogP contribution in [0.1, 0.15) is 0 Å². The summed E-state index contributed by atoms with van der Waals surface area (Å²) in [5.41, 5.74) is 0.848. The van der Waals surface area contributed by atoms with Crippen LogP contribution >= 0.6 is 11.3 Å². The molecule has 1 heterocycles. The average Bonchev–Trinajstić information content (AvgIpc) is 2.82. The van der Waals surface area contributed by atoms with E-state index >= 15 is 0 Å². The molecule has 0 aliphatic rings. The fourth-order valence-corrected chi connectivity index (χ4v) is 2.74. The minimum absolute atomic E-state index is 0.531. The van der Waals surface area contributed by atoms with Gasteiger partial charge in [0.15, 0.2) is 0 Å². The number of aromatic nitrogens is 1. The van der Waals surface area contributed by atoms with E-state index in [1.165, 1.54) is 23.5 Å². The molecular formula is C13H7FN2O2S. The first-order valence-electron chi connectivity index (χ1n) is 5.45. The fraction of sp³-hybridized carbons (Fsp3) is 0. The highest BCUT2D eigenvalue weighted by molar-refractivity contribution is 7.21. The van der Waals surface area contributed by atoms with Crippen LogP contribution in [-0.4, -0.2) is 9.91 Å². The first kappa shape index (κ1) is 11.7. The van der Waals surface area contributed by atoms with Crippen LogP contribution in [-0.2, 0) is 0 Å². The molecule has 0 atom stereocenters. The van der Waals surface area contributed by atoms with E-state index in [1.54, 1.807) is 0 Å². The topological polar surface area (TPSA) is 56.0 Å². The van der Waals surface area contributed by atoms with Gasteiger partial charge in [-0.15, -0.1) is 11.3 Å². The number of fused-ring (bicyclic) bond motifs is 1. The number of benzene rings is 2. The molecule has 0 spiro atoms. The van der Waals surface area contributed by atoms with Crippen molar-refractivity contribution in [1.82, 2.24) is 4.98 Å². The maximum atomic E-state index is 13.3. The van der Waals surface area contributed by atoms with Crippen LogP contribution in [0.3, 0.4) is 0 Å². The molecule has 0 saturated carbocycles. The van der Waals surface area contributed by atoms with Crippen molar-refractivity contribution in [1.29, 1.82) is 0 Å². The van der Waals surface area contributed by atoms with Crippen LogP contribution in [0.2, 0.25) is 0 Å². The molecule has 19 heavy (non-hydrogen) atoms. The summed E-state index contributed by atoms with van der Waals surface area (Å²) in [6, 6.07) is 11.4. The number of hydrogen-bond donors (Lipinski definition) is 0. The zero-order valence-electron chi connectivity index (χ0n) is 9.54. The van der Waals surface area contributed by atoms with Gasteiger partial charge in [-0.25, -0.2) is 4.98 Å². The first-order chi connectivity index (χ1) is 9.15. The second kappa shape index (κ2) is 4.40. The Morgan fingerprint density at radius 3 is 2.74 bits per heavy atom. The molecule has 0 bridgehead atoms. The van der Waals surface area contributed by atoms with Crippen molar-refractivity contribution in [3.63, 3.8) is 0 Å². The van der Waals surface area contributed by atoms with Gasteiger partial charge in [0.05, 0.1) is 15.1 Å². The third-order valence-electron chi connectivity index (χ3n) is 2.68. The molecule has 94 valence electrons. The number of nitro benzene ring substituents is 1. The van der Waals surface area contributed by atoms with Gasteiger partial charge in [0, 0.05) is 11.6 Å². The zero-order chi connectivity index (χ0) is 13.4. The van der Waals surface area contributed by atoms with Crippen LogP contribution in [0.4, 0.5) is 10.1 Å². The number of halogens is 1. The Hall–Kier alpha value is -2.34. The standard InChI is InChI=1S/C13H7FN2O2S/c14-9-6-5-8(7-11(9)16(17)18)13-15-10-3-1-2-4-12(10)19-13/h1-7H. The minimum Gasteiger partial charge on any atom is -0.258 e. The first-order valence-corrected chi connectivity index (χ1v) is 6.27. The summed E-state index contributed by atoms with van der Waals surface area (Å²) >= 11 is 1.42. The van der Waals surface area contributed by atoms with Gasteiger partial charge in [0.25, 0.3) is 0 Å². The molecule has 1 aromatic heterocycles. The lowest BCUT2D eigenvalue weighted by Crippen LogP contribution is -1.92. The number of para-hydroxylation sites is 1. The number of hydrogen-bond acceptors (Lipinski definition) is 4. The van der Waals surface area contributed by atoms with Crippen LogP contribution in [0.15, 0.2) is 42.5 Å². The molecule has 2 aromatic carbocycles. The summed E-state index contributed by atoms with van der Waals surface area (Å²) in [4.78, 5) is 14.4. The highest BCUT2D eigenvalue weighted by Crippen LogP contribution is 2.32. The summed E-state index contributed by atoms with van der Waals surface area (Å²) in [7, 11) is 0. The summed E-state index contributed by atoms with van der Waals surface area (Å²) < 4.78 is 14.3. The molecule has 0 N–H and O–H groups in total. The largest absolute Gasteiger partial charge is 0.305 e. The van der Waals surface area contributed by atoms with Crippen molar-refractivity contribution < 1.29 is 9.31 Å². The van der Waals surface area contributed by atoms with Gasteiger partial charge in [-0.05, 0) is 24.3 Å². The lowest BCUT2D eigenvalue weighted by molar-refractivity contribution is -0.387. The minimum atomic E-state index is -0.838. The summed E-state index contributed by atoms with van der Waals surface area (Å²) in [6.07, 6.45) is 0. The molecule has 6 heteroatoms. The van der Waals surface area contributed by atoms with Crippen molar-refractivity contribution in [3.8, 4) is 10.6 Å². The van der Waals surface area contributed by atoms with Crippen molar-refractivity contribution in [2.24, 2.45) is 0 Å². The van der Waals surface area contributed by atoms with Crippen molar-refractivity contribution >= 4 is 27.2 Å². The van der Waals surface area contributed by atoms with Crippen molar-refractivity contribution in [2.45, 2.75) is 0 Å². The number of thiazole rings is 1. The Morgan fingerprint density at radius 1 is 1.21 bits per heavy atom. The quantitative estimate of drug-likeness (QED) is 0.524. The van der Waals surface area contributed by atoms with Crippen LogP contribution < -0.4 is 0 Å². The summed E-state index contributed by atoms with van der Waals surface area (Å²) in [6.45, 7) is 0. The summed E-state index contributed by atoms with van der Waals surface area (Å²) in [5, 5.41) is 11.4. The second-order valence-corrected chi connectivity index (χ2v) is 4.94. The van der Waals surface area contributed by atoms with Gasteiger partial charge < -0.3 is 0 Å². The molecule has 4 nitrogen and oxygen atoms in total. The highest BCUT2D eigenvalue weighted by atomic mass is 32.1. The van der Waals surface area contributed by atoms with Gasteiger partial charge in [0.2, 0.25) is 5.82 Å². The molecule has 3 aromatic rings. The lowest BCUT2D eigenvalue weighted by Gasteiger charge is -1.97. The molecule has 0 saturated heterocycles. The maximum Gasteiger partial charge on any atom is 0.305 e. The third-order valence-corrected chi connectivity index (χ3v) is 3.77. The highest BCUT2D eigenvalue weighted by Gasteiger charge is 2.16. The Labute approximate surface area is 111 Å². The second-order valence-electron chi connectivity index (χ2n) is 3.91. The smallest absolute Gasteiger partial charge is 0.258 e. The predicted molar refractivity (Wildman–Crippen MR) is 71.7 cm³/mol. The van der Waals surface area contributed by atoms with Crippen molar-refractivity contribution in [2.75, 3.05) is 0 Å². The summed E-state index contributed by atoms with van der Waals surface area (Å²) in [5.74, 6) is -0.838. The van der Waals surface area contributed by atoms with E-state index in [9.17, 15) is 14.5 Å². The van der Waals surface area contributed by atoms with E-state index in [0.29, 0.717) is 10.6 Å². The van der Waals surface area contributed by atoms with Gasteiger partial charge in [-0.1, -0.05) is 12.1 Å².